The summed E-state index contributed by atoms with van der Waals surface area (Å²) in [5.41, 5.74) is 6.66. The van der Waals surface area contributed by atoms with Crippen LogP contribution < -0.4 is 9.80 Å². The third kappa shape index (κ3) is 4.14. The fourth-order valence-electron chi connectivity index (χ4n) is 5.43. The lowest BCUT2D eigenvalue weighted by molar-refractivity contribution is -0.134. The van der Waals surface area contributed by atoms with Crippen molar-refractivity contribution in [1.29, 1.82) is 0 Å². The number of anilines is 2. The number of carbonyl (C=O) groups is 1. The van der Waals surface area contributed by atoms with Crippen LogP contribution in [-0.4, -0.2) is 67.5 Å². The van der Waals surface area contributed by atoms with Crippen molar-refractivity contribution in [3.05, 3.63) is 72.2 Å². The summed E-state index contributed by atoms with van der Waals surface area (Å²) in [6.45, 7) is 8.41. The Balaban J connectivity index is 1.17. The van der Waals surface area contributed by atoms with Gasteiger partial charge in [-0.3, -0.25) is 4.79 Å². The van der Waals surface area contributed by atoms with Gasteiger partial charge in [0.1, 0.15) is 17.9 Å². The van der Waals surface area contributed by atoms with E-state index >= 15 is 0 Å². The summed E-state index contributed by atoms with van der Waals surface area (Å²) >= 11 is 0. The lowest BCUT2D eigenvalue weighted by atomic mass is 9.96. The van der Waals surface area contributed by atoms with Gasteiger partial charge in [0.05, 0.1) is 24.4 Å². The lowest BCUT2D eigenvalue weighted by Gasteiger charge is -2.43. The van der Waals surface area contributed by atoms with Gasteiger partial charge >= 0.3 is 0 Å². The van der Waals surface area contributed by atoms with Crippen LogP contribution in [0.15, 0.2) is 55.2 Å². The van der Waals surface area contributed by atoms with E-state index in [1.807, 2.05) is 40.9 Å². The minimum absolute atomic E-state index is 0.104. The maximum Gasteiger partial charge on any atom is 0.242 e. The van der Waals surface area contributed by atoms with Crippen LogP contribution >= 0.6 is 0 Å². The van der Waals surface area contributed by atoms with Crippen molar-refractivity contribution >= 4 is 28.4 Å². The third-order valence-corrected chi connectivity index (χ3v) is 7.35. The number of hydrogen-bond donors (Lipinski definition) is 0. The van der Waals surface area contributed by atoms with Crippen molar-refractivity contribution < 1.29 is 4.79 Å². The molecule has 36 heavy (non-hydrogen) atoms. The normalized spacial score (nSPS) is 17.9. The summed E-state index contributed by atoms with van der Waals surface area (Å²) in [6.07, 6.45) is 8.28. The minimum atomic E-state index is 0.104. The molecule has 1 amide bonds. The molecule has 3 aromatic heterocycles. The SMILES string of the molecule is Cc1ncc(N2CCc3cccc(N4CCN(C(=O)Cn5cnc6cccnc65)C(C)C4)c3C2)cn1. The van der Waals surface area contributed by atoms with Crippen molar-refractivity contribution in [2.45, 2.75) is 39.4 Å². The number of benzene rings is 1. The van der Waals surface area contributed by atoms with Crippen molar-refractivity contribution in [2.75, 3.05) is 36.0 Å². The first-order chi connectivity index (χ1) is 17.6. The van der Waals surface area contributed by atoms with Gasteiger partial charge in [-0.15, -0.1) is 0 Å². The Morgan fingerprint density at radius 3 is 2.69 bits per heavy atom. The van der Waals surface area contributed by atoms with E-state index < -0.39 is 0 Å². The highest BCUT2D eigenvalue weighted by Crippen LogP contribution is 2.32. The number of pyridine rings is 1. The smallest absolute Gasteiger partial charge is 0.242 e. The summed E-state index contributed by atoms with van der Waals surface area (Å²) in [6, 6.07) is 10.5. The Morgan fingerprint density at radius 2 is 1.86 bits per heavy atom. The maximum absolute atomic E-state index is 13.2. The van der Waals surface area contributed by atoms with Gasteiger partial charge < -0.3 is 19.3 Å². The van der Waals surface area contributed by atoms with E-state index in [0.29, 0.717) is 6.54 Å². The van der Waals surface area contributed by atoms with Crippen LogP contribution in [0.5, 0.6) is 0 Å². The summed E-state index contributed by atoms with van der Waals surface area (Å²) in [7, 11) is 0. The van der Waals surface area contributed by atoms with Gasteiger partial charge in [-0.25, -0.2) is 19.9 Å². The molecule has 0 spiro atoms. The summed E-state index contributed by atoms with van der Waals surface area (Å²) in [5, 5.41) is 0. The number of piperazine rings is 1. The van der Waals surface area contributed by atoms with Crippen molar-refractivity contribution in [3.63, 3.8) is 0 Å². The average Bonchev–Trinajstić information content (AvgIpc) is 3.31. The highest BCUT2D eigenvalue weighted by molar-refractivity contribution is 5.79. The first-order valence-electron chi connectivity index (χ1n) is 12.5. The Kier molecular flexibility index (Phi) is 5.75. The highest BCUT2D eigenvalue weighted by atomic mass is 16.2. The monoisotopic (exact) mass is 482 g/mol. The zero-order valence-electron chi connectivity index (χ0n) is 20.7. The molecule has 1 atom stereocenters. The van der Waals surface area contributed by atoms with E-state index in [0.717, 1.165) is 55.3 Å². The average molecular weight is 483 g/mol. The quantitative estimate of drug-likeness (QED) is 0.442. The van der Waals surface area contributed by atoms with Gasteiger partial charge in [0, 0.05) is 50.6 Å². The molecule has 1 fully saturated rings. The van der Waals surface area contributed by atoms with E-state index in [1.165, 1.54) is 16.8 Å². The molecule has 0 bridgehead atoms. The van der Waals surface area contributed by atoms with Gasteiger partial charge in [0.15, 0.2) is 5.65 Å². The van der Waals surface area contributed by atoms with Crippen LogP contribution in [0, 0.1) is 6.92 Å². The molecule has 0 aliphatic carbocycles. The molecule has 1 aromatic carbocycles. The Bertz CT molecular complexity index is 1400. The number of rotatable bonds is 4. The van der Waals surface area contributed by atoms with Gasteiger partial charge in [-0.05, 0) is 49.6 Å². The fraction of sp³-hybridized carbons (Fsp3) is 0.370. The number of aromatic nitrogens is 5. The summed E-state index contributed by atoms with van der Waals surface area (Å²) in [4.78, 5) is 37.6. The number of nitrogens with zero attached hydrogens (tertiary/aromatic N) is 8. The Hall–Kier alpha value is -4.01. The number of imidazole rings is 1. The van der Waals surface area contributed by atoms with Crippen LogP contribution in [0.1, 0.15) is 23.9 Å². The molecule has 0 saturated carbocycles. The maximum atomic E-state index is 13.2. The van der Waals surface area contributed by atoms with E-state index in [9.17, 15) is 4.79 Å². The molecular weight excluding hydrogens is 452 g/mol. The molecule has 5 heterocycles. The number of carbonyl (C=O) groups excluding carboxylic acids is 1. The molecule has 1 unspecified atom stereocenters. The van der Waals surface area contributed by atoms with Gasteiger partial charge in [0.25, 0.3) is 0 Å². The van der Waals surface area contributed by atoms with Crippen molar-refractivity contribution in [2.24, 2.45) is 0 Å². The second-order valence-electron chi connectivity index (χ2n) is 9.68. The first kappa shape index (κ1) is 22.5. The lowest BCUT2D eigenvalue weighted by Crippen LogP contribution is -2.55. The van der Waals surface area contributed by atoms with E-state index in [4.69, 9.17) is 0 Å². The van der Waals surface area contributed by atoms with Crippen molar-refractivity contribution in [3.8, 4) is 0 Å². The topological polar surface area (TPSA) is 83.3 Å². The van der Waals surface area contributed by atoms with Gasteiger partial charge in [0.2, 0.25) is 5.91 Å². The first-order valence-corrected chi connectivity index (χ1v) is 12.5. The number of hydrogen-bond acceptors (Lipinski definition) is 7. The highest BCUT2D eigenvalue weighted by Gasteiger charge is 2.30. The molecular formula is C27H30N8O. The minimum Gasteiger partial charge on any atom is -0.367 e. The van der Waals surface area contributed by atoms with Crippen LogP contribution in [0.3, 0.4) is 0 Å². The number of fused-ring (bicyclic) bond motifs is 2. The molecule has 6 rings (SSSR count). The van der Waals surface area contributed by atoms with E-state index in [1.54, 1.807) is 12.5 Å². The fourth-order valence-corrected chi connectivity index (χ4v) is 5.43. The third-order valence-electron chi connectivity index (χ3n) is 7.35. The molecule has 1 saturated heterocycles. The molecule has 9 heteroatoms. The largest absolute Gasteiger partial charge is 0.367 e. The Labute approximate surface area is 210 Å². The predicted molar refractivity (Wildman–Crippen MR) is 139 cm³/mol. The zero-order chi connectivity index (χ0) is 24.6. The Morgan fingerprint density at radius 1 is 1.00 bits per heavy atom. The zero-order valence-corrected chi connectivity index (χ0v) is 20.7. The standard InChI is InChI=1S/C27H30N8O/c1-19-15-33(11-12-35(19)26(36)17-34-18-31-24-6-4-9-28-27(24)34)25-7-3-5-21-8-10-32(16-23(21)25)22-13-29-20(2)30-14-22/h3-7,9,13-14,18-19H,8,10-12,15-17H2,1-2H3. The number of amides is 1. The van der Waals surface area contributed by atoms with E-state index in [-0.39, 0.29) is 18.5 Å². The molecule has 4 aromatic rings. The van der Waals surface area contributed by atoms with Crippen LogP contribution in [0.4, 0.5) is 11.4 Å². The molecule has 2 aliphatic rings. The molecule has 9 nitrogen and oxygen atoms in total. The molecule has 0 radical (unpaired) electrons. The molecule has 0 N–H and O–H groups in total. The predicted octanol–water partition coefficient (Wildman–Crippen LogP) is 2.83. The van der Waals surface area contributed by atoms with Gasteiger partial charge in [-0.1, -0.05) is 12.1 Å². The van der Waals surface area contributed by atoms with Gasteiger partial charge in [-0.2, -0.15) is 0 Å². The second-order valence-corrected chi connectivity index (χ2v) is 9.68. The van der Waals surface area contributed by atoms with E-state index in [2.05, 4.69) is 54.9 Å². The molecule has 2 aliphatic heterocycles. The van der Waals surface area contributed by atoms with Crippen LogP contribution in [0.2, 0.25) is 0 Å². The molecule has 184 valence electrons. The number of aryl methyl sites for hydroxylation is 1. The van der Waals surface area contributed by atoms with Crippen LogP contribution in [0.25, 0.3) is 11.2 Å². The van der Waals surface area contributed by atoms with Crippen LogP contribution in [-0.2, 0) is 24.3 Å². The van der Waals surface area contributed by atoms with Crippen molar-refractivity contribution in [1.82, 2.24) is 29.4 Å². The summed E-state index contributed by atoms with van der Waals surface area (Å²) < 4.78 is 1.84. The summed E-state index contributed by atoms with van der Waals surface area (Å²) in [5.74, 6) is 0.892. The second kappa shape index (κ2) is 9.22.